The third-order valence-corrected chi connectivity index (χ3v) is 5.34. The van der Waals surface area contributed by atoms with Gasteiger partial charge in [-0.25, -0.2) is 13.1 Å². The van der Waals surface area contributed by atoms with Crippen molar-refractivity contribution in [2.45, 2.75) is 24.7 Å². The van der Waals surface area contributed by atoms with Crippen LogP contribution in [0.2, 0.25) is 0 Å². The first-order valence-corrected chi connectivity index (χ1v) is 8.89. The van der Waals surface area contributed by atoms with Gasteiger partial charge in [0.25, 0.3) is 0 Å². The SMILES string of the molecule is CC(=O)N1CCc2cc(S(=O)(=O)NCCc3ccco3)ccc21. The number of nitrogens with one attached hydrogen (secondary N) is 1. The van der Waals surface area contributed by atoms with Crippen molar-refractivity contribution in [1.82, 2.24) is 4.72 Å². The van der Waals surface area contributed by atoms with Crippen LogP contribution in [0.25, 0.3) is 0 Å². The summed E-state index contributed by atoms with van der Waals surface area (Å²) in [5, 5.41) is 0. The summed E-state index contributed by atoms with van der Waals surface area (Å²) in [6, 6.07) is 8.46. The number of fused-ring (bicyclic) bond motifs is 1. The first kappa shape index (κ1) is 15.8. The fourth-order valence-electron chi connectivity index (χ4n) is 2.72. The summed E-state index contributed by atoms with van der Waals surface area (Å²) < 4.78 is 32.5. The Kier molecular flexibility index (Phi) is 4.23. The minimum absolute atomic E-state index is 0.0315. The molecule has 0 saturated carbocycles. The second-order valence-electron chi connectivity index (χ2n) is 5.44. The number of carbonyl (C=O) groups excluding carboxylic acids is 1. The van der Waals surface area contributed by atoms with Gasteiger partial charge < -0.3 is 9.32 Å². The van der Waals surface area contributed by atoms with Gasteiger partial charge >= 0.3 is 0 Å². The lowest BCUT2D eigenvalue weighted by Crippen LogP contribution is -2.26. The number of carbonyl (C=O) groups is 1. The minimum Gasteiger partial charge on any atom is -0.469 e. The molecule has 0 saturated heterocycles. The highest BCUT2D eigenvalue weighted by atomic mass is 32.2. The number of furan rings is 1. The third kappa shape index (κ3) is 3.30. The average Bonchev–Trinajstić information content (AvgIpc) is 3.15. The van der Waals surface area contributed by atoms with E-state index in [1.807, 2.05) is 0 Å². The second kappa shape index (κ2) is 6.17. The number of hydrogen-bond acceptors (Lipinski definition) is 4. The standard InChI is InChI=1S/C16H18N2O4S/c1-12(19)18-9-7-13-11-15(4-5-16(13)18)23(20,21)17-8-6-14-3-2-10-22-14/h2-5,10-11,17H,6-9H2,1H3. The number of anilines is 1. The highest BCUT2D eigenvalue weighted by Crippen LogP contribution is 2.30. The Hall–Kier alpha value is -2.12. The van der Waals surface area contributed by atoms with Gasteiger partial charge in [0, 0.05) is 32.1 Å². The van der Waals surface area contributed by atoms with E-state index in [9.17, 15) is 13.2 Å². The molecule has 0 unspecified atom stereocenters. The predicted molar refractivity (Wildman–Crippen MR) is 85.8 cm³/mol. The molecule has 0 atom stereocenters. The summed E-state index contributed by atoms with van der Waals surface area (Å²) >= 11 is 0. The van der Waals surface area contributed by atoms with Crippen LogP contribution in [0, 0.1) is 0 Å². The Morgan fingerprint density at radius 3 is 2.87 bits per heavy atom. The van der Waals surface area contributed by atoms with Crippen molar-refractivity contribution >= 4 is 21.6 Å². The van der Waals surface area contributed by atoms with Crippen LogP contribution in [0.5, 0.6) is 0 Å². The van der Waals surface area contributed by atoms with Crippen LogP contribution in [0.3, 0.4) is 0 Å². The molecule has 1 N–H and O–H groups in total. The molecule has 1 amide bonds. The van der Waals surface area contributed by atoms with Crippen molar-refractivity contribution in [2.24, 2.45) is 0 Å². The van der Waals surface area contributed by atoms with Gasteiger partial charge in [-0.1, -0.05) is 0 Å². The Labute approximate surface area is 135 Å². The number of benzene rings is 1. The zero-order chi connectivity index (χ0) is 16.4. The molecule has 7 heteroatoms. The van der Waals surface area contributed by atoms with Gasteiger partial charge in [0.2, 0.25) is 15.9 Å². The van der Waals surface area contributed by atoms with E-state index in [1.54, 1.807) is 35.4 Å². The lowest BCUT2D eigenvalue weighted by molar-refractivity contribution is -0.116. The quantitative estimate of drug-likeness (QED) is 0.903. The fourth-order valence-corrected chi connectivity index (χ4v) is 3.80. The van der Waals surface area contributed by atoms with Crippen LogP contribution >= 0.6 is 0 Å². The molecule has 1 aliphatic rings. The molecule has 23 heavy (non-hydrogen) atoms. The molecule has 1 aromatic carbocycles. The van der Waals surface area contributed by atoms with Gasteiger partial charge in [-0.3, -0.25) is 4.79 Å². The third-order valence-electron chi connectivity index (χ3n) is 3.88. The van der Waals surface area contributed by atoms with E-state index in [1.165, 1.54) is 13.0 Å². The van der Waals surface area contributed by atoms with Crippen molar-refractivity contribution in [3.63, 3.8) is 0 Å². The predicted octanol–water partition coefficient (Wildman–Crippen LogP) is 1.71. The van der Waals surface area contributed by atoms with Crippen LogP contribution in [-0.2, 0) is 27.7 Å². The van der Waals surface area contributed by atoms with Crippen molar-refractivity contribution in [3.8, 4) is 0 Å². The first-order chi connectivity index (χ1) is 11.0. The number of hydrogen-bond donors (Lipinski definition) is 1. The molecule has 122 valence electrons. The molecule has 0 spiro atoms. The van der Waals surface area contributed by atoms with Gasteiger partial charge in [-0.15, -0.1) is 0 Å². The Morgan fingerprint density at radius 2 is 2.17 bits per heavy atom. The summed E-state index contributed by atoms with van der Waals surface area (Å²) in [6.45, 7) is 2.38. The summed E-state index contributed by atoms with van der Waals surface area (Å²) in [7, 11) is -3.57. The van der Waals surface area contributed by atoms with E-state index in [0.29, 0.717) is 19.4 Å². The molecule has 0 fully saturated rings. The maximum absolute atomic E-state index is 12.4. The maximum atomic E-state index is 12.4. The second-order valence-corrected chi connectivity index (χ2v) is 7.21. The monoisotopic (exact) mass is 334 g/mol. The molecule has 6 nitrogen and oxygen atoms in total. The lowest BCUT2D eigenvalue weighted by Gasteiger charge is -2.15. The van der Waals surface area contributed by atoms with Gasteiger partial charge in [-0.05, 0) is 42.3 Å². The summed E-state index contributed by atoms with van der Waals surface area (Å²) in [6.07, 6.45) is 2.73. The van der Waals surface area contributed by atoms with Crippen molar-refractivity contribution < 1.29 is 17.6 Å². The fraction of sp³-hybridized carbons (Fsp3) is 0.312. The number of sulfonamides is 1. The lowest BCUT2D eigenvalue weighted by atomic mass is 10.2. The van der Waals surface area contributed by atoms with Crippen LogP contribution in [-0.4, -0.2) is 27.4 Å². The first-order valence-electron chi connectivity index (χ1n) is 7.40. The molecule has 0 aliphatic carbocycles. The van der Waals surface area contributed by atoms with E-state index < -0.39 is 10.0 Å². The van der Waals surface area contributed by atoms with E-state index in [0.717, 1.165) is 17.0 Å². The van der Waals surface area contributed by atoms with Crippen LogP contribution in [0.4, 0.5) is 5.69 Å². The maximum Gasteiger partial charge on any atom is 0.240 e. The highest BCUT2D eigenvalue weighted by Gasteiger charge is 2.24. The van der Waals surface area contributed by atoms with E-state index in [2.05, 4.69) is 4.72 Å². The van der Waals surface area contributed by atoms with Crippen molar-refractivity contribution in [1.29, 1.82) is 0 Å². The minimum atomic E-state index is -3.57. The normalized spacial score (nSPS) is 14.0. The van der Waals surface area contributed by atoms with Crippen LogP contribution in [0.1, 0.15) is 18.2 Å². The number of nitrogens with zero attached hydrogens (tertiary/aromatic N) is 1. The molecule has 3 rings (SSSR count). The number of amides is 1. The molecular formula is C16H18N2O4S. The zero-order valence-electron chi connectivity index (χ0n) is 12.8. The highest BCUT2D eigenvalue weighted by molar-refractivity contribution is 7.89. The van der Waals surface area contributed by atoms with E-state index >= 15 is 0 Å². The van der Waals surface area contributed by atoms with Gasteiger partial charge in [0.1, 0.15) is 5.76 Å². The van der Waals surface area contributed by atoms with E-state index in [4.69, 9.17) is 4.42 Å². The van der Waals surface area contributed by atoms with Crippen molar-refractivity contribution in [3.05, 3.63) is 47.9 Å². The Morgan fingerprint density at radius 1 is 1.35 bits per heavy atom. The zero-order valence-corrected chi connectivity index (χ0v) is 13.6. The Balaban J connectivity index is 1.72. The average molecular weight is 334 g/mol. The summed E-state index contributed by atoms with van der Waals surface area (Å²) in [4.78, 5) is 13.4. The molecule has 1 aliphatic heterocycles. The Bertz CT molecular complexity index is 813. The molecule has 0 bridgehead atoms. The molecular weight excluding hydrogens is 316 g/mol. The molecule has 2 aromatic rings. The van der Waals surface area contributed by atoms with Crippen molar-refractivity contribution in [2.75, 3.05) is 18.0 Å². The van der Waals surface area contributed by atoms with Crippen LogP contribution in [0.15, 0.2) is 45.9 Å². The van der Waals surface area contributed by atoms with E-state index in [-0.39, 0.29) is 17.3 Å². The number of rotatable bonds is 5. The summed E-state index contributed by atoms with van der Waals surface area (Å²) in [5.74, 6) is 0.703. The molecule has 0 radical (unpaired) electrons. The molecule has 2 heterocycles. The smallest absolute Gasteiger partial charge is 0.240 e. The van der Waals surface area contributed by atoms with Gasteiger partial charge in [0.15, 0.2) is 0 Å². The summed E-state index contributed by atoms with van der Waals surface area (Å²) in [5.41, 5.74) is 1.68. The van der Waals surface area contributed by atoms with Crippen LogP contribution < -0.4 is 9.62 Å². The topological polar surface area (TPSA) is 79.6 Å². The van der Waals surface area contributed by atoms with Gasteiger partial charge in [0.05, 0.1) is 11.2 Å². The largest absolute Gasteiger partial charge is 0.469 e. The molecule has 1 aromatic heterocycles. The van der Waals surface area contributed by atoms with Gasteiger partial charge in [-0.2, -0.15) is 0 Å².